The summed E-state index contributed by atoms with van der Waals surface area (Å²) in [6.07, 6.45) is 0. The highest BCUT2D eigenvalue weighted by Crippen LogP contribution is 2.19. The fourth-order valence-corrected chi connectivity index (χ4v) is 1.41. The molecule has 0 saturated carbocycles. The second-order valence-electron chi connectivity index (χ2n) is 3.83. The number of hydrogen-bond acceptors (Lipinski definition) is 2. The van der Waals surface area contributed by atoms with Crippen molar-refractivity contribution >= 4 is 23.2 Å². The third kappa shape index (κ3) is 4.32. The minimum absolute atomic E-state index is 0.0451. The summed E-state index contributed by atoms with van der Waals surface area (Å²) < 4.78 is 13.1. The number of hydrogen-bond donors (Lipinski definition) is 2. The van der Waals surface area contributed by atoms with Gasteiger partial charge in [-0.25, -0.2) is 4.39 Å². The predicted molar refractivity (Wildman–Crippen MR) is 67.7 cm³/mol. The summed E-state index contributed by atoms with van der Waals surface area (Å²) in [6.45, 7) is 5.19. The van der Waals surface area contributed by atoms with Crippen LogP contribution in [0.5, 0.6) is 0 Å². The number of nitrogens with one attached hydrogen (secondary N) is 2. The van der Waals surface area contributed by atoms with Crippen molar-refractivity contribution in [3.8, 4) is 0 Å². The average Bonchev–Trinajstić information content (AvgIpc) is 2.30. The van der Waals surface area contributed by atoms with Gasteiger partial charge in [0.25, 0.3) is 0 Å². The standard InChI is InChI=1S/C12H16ClFN2O/c1-3-15-7-8(2)12(17)16-9-4-5-10(13)11(14)6-9/h4-6,8,15H,3,7H2,1-2H3,(H,16,17). The predicted octanol–water partition coefficient (Wildman–Crippen LogP) is 2.66. The molecule has 17 heavy (non-hydrogen) atoms. The van der Waals surface area contributed by atoms with Gasteiger partial charge < -0.3 is 10.6 Å². The van der Waals surface area contributed by atoms with Crippen molar-refractivity contribution in [2.75, 3.05) is 18.4 Å². The lowest BCUT2D eigenvalue weighted by Gasteiger charge is -2.12. The first-order valence-electron chi connectivity index (χ1n) is 5.51. The topological polar surface area (TPSA) is 41.1 Å². The van der Waals surface area contributed by atoms with E-state index in [-0.39, 0.29) is 16.8 Å². The largest absolute Gasteiger partial charge is 0.326 e. The fourth-order valence-electron chi connectivity index (χ4n) is 1.29. The van der Waals surface area contributed by atoms with Gasteiger partial charge in [0.1, 0.15) is 5.82 Å². The Balaban J connectivity index is 2.58. The molecule has 0 saturated heterocycles. The molecule has 3 nitrogen and oxygen atoms in total. The van der Waals surface area contributed by atoms with Crippen LogP contribution in [0.2, 0.25) is 5.02 Å². The van der Waals surface area contributed by atoms with E-state index in [1.54, 1.807) is 6.07 Å². The molecule has 1 unspecified atom stereocenters. The van der Waals surface area contributed by atoms with E-state index in [1.165, 1.54) is 12.1 Å². The van der Waals surface area contributed by atoms with Crippen molar-refractivity contribution in [1.29, 1.82) is 0 Å². The summed E-state index contributed by atoms with van der Waals surface area (Å²) in [6, 6.07) is 4.20. The molecule has 0 fully saturated rings. The molecule has 0 bridgehead atoms. The maximum atomic E-state index is 13.1. The number of amides is 1. The highest BCUT2D eigenvalue weighted by atomic mass is 35.5. The molecule has 5 heteroatoms. The zero-order valence-corrected chi connectivity index (χ0v) is 10.6. The second-order valence-corrected chi connectivity index (χ2v) is 4.23. The molecule has 94 valence electrons. The van der Waals surface area contributed by atoms with E-state index < -0.39 is 5.82 Å². The van der Waals surface area contributed by atoms with Gasteiger partial charge in [0.15, 0.2) is 0 Å². The van der Waals surface area contributed by atoms with Crippen LogP contribution in [0.3, 0.4) is 0 Å². The third-order valence-corrected chi connectivity index (χ3v) is 2.64. The van der Waals surface area contributed by atoms with Gasteiger partial charge in [-0.1, -0.05) is 25.4 Å². The molecule has 0 aliphatic rings. The van der Waals surface area contributed by atoms with E-state index in [0.717, 1.165) is 6.54 Å². The Bertz CT molecular complexity index is 398. The van der Waals surface area contributed by atoms with Crippen molar-refractivity contribution in [1.82, 2.24) is 5.32 Å². The van der Waals surface area contributed by atoms with E-state index in [9.17, 15) is 9.18 Å². The Morgan fingerprint density at radius 1 is 1.53 bits per heavy atom. The van der Waals surface area contributed by atoms with Crippen molar-refractivity contribution in [2.45, 2.75) is 13.8 Å². The molecule has 1 amide bonds. The molecule has 2 N–H and O–H groups in total. The zero-order valence-electron chi connectivity index (χ0n) is 9.89. The quantitative estimate of drug-likeness (QED) is 0.853. The van der Waals surface area contributed by atoms with Crippen LogP contribution in [-0.2, 0) is 4.79 Å². The van der Waals surface area contributed by atoms with Crippen molar-refractivity contribution in [3.63, 3.8) is 0 Å². The Morgan fingerprint density at radius 2 is 2.24 bits per heavy atom. The van der Waals surface area contributed by atoms with Gasteiger partial charge >= 0.3 is 0 Å². The number of carbonyl (C=O) groups excluding carboxylic acids is 1. The SMILES string of the molecule is CCNCC(C)C(=O)Nc1ccc(Cl)c(F)c1. The number of carbonyl (C=O) groups is 1. The van der Waals surface area contributed by atoms with E-state index in [1.807, 2.05) is 13.8 Å². The molecule has 1 atom stereocenters. The number of halogens is 2. The van der Waals surface area contributed by atoms with Gasteiger partial charge in [0.2, 0.25) is 5.91 Å². The smallest absolute Gasteiger partial charge is 0.228 e. The van der Waals surface area contributed by atoms with Crippen LogP contribution in [-0.4, -0.2) is 19.0 Å². The maximum absolute atomic E-state index is 13.1. The first-order valence-corrected chi connectivity index (χ1v) is 5.89. The van der Waals surface area contributed by atoms with E-state index in [2.05, 4.69) is 10.6 Å². The van der Waals surface area contributed by atoms with Crippen LogP contribution in [0.4, 0.5) is 10.1 Å². The summed E-state index contributed by atoms with van der Waals surface area (Å²) in [5.74, 6) is -0.856. The Morgan fingerprint density at radius 3 is 2.82 bits per heavy atom. The maximum Gasteiger partial charge on any atom is 0.228 e. The molecular weight excluding hydrogens is 243 g/mol. The summed E-state index contributed by atoms with van der Waals surface area (Å²) in [5.41, 5.74) is 0.417. The van der Waals surface area contributed by atoms with Crippen LogP contribution in [0.1, 0.15) is 13.8 Å². The Hall–Kier alpha value is -1.13. The van der Waals surface area contributed by atoms with Crippen LogP contribution in [0, 0.1) is 11.7 Å². The van der Waals surface area contributed by atoms with Gasteiger partial charge in [-0.15, -0.1) is 0 Å². The molecule has 1 rings (SSSR count). The normalized spacial score (nSPS) is 12.2. The van der Waals surface area contributed by atoms with Crippen molar-refractivity contribution in [2.24, 2.45) is 5.92 Å². The lowest BCUT2D eigenvalue weighted by molar-refractivity contribution is -0.119. The molecule has 0 spiro atoms. The van der Waals surface area contributed by atoms with Crippen LogP contribution >= 0.6 is 11.6 Å². The first-order chi connectivity index (χ1) is 8.04. The molecule has 0 aliphatic carbocycles. The summed E-state index contributed by atoms with van der Waals surface area (Å²) in [4.78, 5) is 11.7. The molecule has 0 heterocycles. The molecular formula is C12H16ClFN2O. The third-order valence-electron chi connectivity index (χ3n) is 2.34. The van der Waals surface area contributed by atoms with Gasteiger partial charge in [0, 0.05) is 18.2 Å². The number of rotatable bonds is 5. The van der Waals surface area contributed by atoms with Crippen LogP contribution in [0.25, 0.3) is 0 Å². The Labute approximate surface area is 105 Å². The summed E-state index contributed by atoms with van der Waals surface area (Å²) in [7, 11) is 0. The minimum atomic E-state index is -0.538. The number of benzene rings is 1. The van der Waals surface area contributed by atoms with E-state index in [4.69, 9.17) is 11.6 Å². The number of anilines is 1. The zero-order chi connectivity index (χ0) is 12.8. The molecule has 1 aromatic rings. The van der Waals surface area contributed by atoms with Crippen molar-refractivity contribution < 1.29 is 9.18 Å². The molecule has 0 radical (unpaired) electrons. The average molecular weight is 259 g/mol. The summed E-state index contributed by atoms with van der Waals surface area (Å²) in [5, 5.41) is 5.77. The highest BCUT2D eigenvalue weighted by Gasteiger charge is 2.12. The van der Waals surface area contributed by atoms with E-state index in [0.29, 0.717) is 12.2 Å². The van der Waals surface area contributed by atoms with Gasteiger partial charge in [0.05, 0.1) is 5.02 Å². The monoisotopic (exact) mass is 258 g/mol. The van der Waals surface area contributed by atoms with Gasteiger partial charge in [-0.2, -0.15) is 0 Å². The fraction of sp³-hybridized carbons (Fsp3) is 0.417. The molecule has 1 aromatic carbocycles. The van der Waals surface area contributed by atoms with Gasteiger partial charge in [-0.3, -0.25) is 4.79 Å². The second kappa shape index (κ2) is 6.57. The van der Waals surface area contributed by atoms with Crippen molar-refractivity contribution in [3.05, 3.63) is 29.0 Å². The minimum Gasteiger partial charge on any atom is -0.326 e. The lowest BCUT2D eigenvalue weighted by Crippen LogP contribution is -2.30. The molecule has 0 aromatic heterocycles. The van der Waals surface area contributed by atoms with Crippen LogP contribution in [0.15, 0.2) is 18.2 Å². The van der Waals surface area contributed by atoms with Crippen LogP contribution < -0.4 is 10.6 Å². The van der Waals surface area contributed by atoms with E-state index >= 15 is 0 Å². The highest BCUT2D eigenvalue weighted by molar-refractivity contribution is 6.30. The molecule has 0 aliphatic heterocycles. The lowest BCUT2D eigenvalue weighted by atomic mass is 10.1. The summed E-state index contributed by atoms with van der Waals surface area (Å²) >= 11 is 5.55. The first kappa shape index (κ1) is 13.9. The Kier molecular flexibility index (Phi) is 5.38. The van der Waals surface area contributed by atoms with Gasteiger partial charge in [-0.05, 0) is 24.7 Å².